The smallest absolute Gasteiger partial charge is 0.0384 e. The summed E-state index contributed by atoms with van der Waals surface area (Å²) in [6.45, 7) is 11.6. The summed E-state index contributed by atoms with van der Waals surface area (Å²) in [5.41, 5.74) is 0.257. The van der Waals surface area contributed by atoms with Crippen LogP contribution in [0.1, 0.15) is 66.7 Å². The van der Waals surface area contributed by atoms with Crippen molar-refractivity contribution in [3.63, 3.8) is 0 Å². The third kappa shape index (κ3) is 4.65. The molecule has 0 aromatic carbocycles. The molecule has 0 aliphatic heterocycles. The predicted molar refractivity (Wildman–Crippen MR) is 74.0 cm³/mol. The Balaban J connectivity index is 2.32. The molecule has 1 rings (SSSR count). The highest BCUT2D eigenvalue weighted by atomic mass is 35.5. The number of hydrogen-bond acceptors (Lipinski definition) is 0. The molecule has 0 aromatic heterocycles. The zero-order chi connectivity index (χ0) is 12.3. The molecule has 1 saturated carbocycles. The molecule has 1 aliphatic rings. The molecule has 3 unspecified atom stereocenters. The molecule has 0 bridgehead atoms. The zero-order valence-electron chi connectivity index (χ0n) is 11.7. The highest BCUT2D eigenvalue weighted by Crippen LogP contribution is 2.37. The summed E-state index contributed by atoms with van der Waals surface area (Å²) in [6.07, 6.45) is 6.81. The SMILES string of the molecule is CC1CC(C)CC(CCC(Cl)C(C)(C)C)C1. The van der Waals surface area contributed by atoms with E-state index >= 15 is 0 Å². The van der Waals surface area contributed by atoms with Gasteiger partial charge in [0.1, 0.15) is 0 Å². The van der Waals surface area contributed by atoms with Gasteiger partial charge >= 0.3 is 0 Å². The standard InChI is InChI=1S/C15H29Cl/c1-11-8-12(2)10-13(9-11)6-7-14(16)15(3,4)5/h11-14H,6-10H2,1-5H3. The van der Waals surface area contributed by atoms with Gasteiger partial charge in [-0.2, -0.15) is 0 Å². The minimum absolute atomic E-state index is 0.257. The van der Waals surface area contributed by atoms with Crippen molar-refractivity contribution < 1.29 is 0 Å². The van der Waals surface area contributed by atoms with E-state index in [1.54, 1.807) is 0 Å². The zero-order valence-corrected chi connectivity index (χ0v) is 12.5. The molecule has 0 radical (unpaired) electrons. The highest BCUT2D eigenvalue weighted by molar-refractivity contribution is 6.21. The Morgan fingerprint density at radius 1 is 1.06 bits per heavy atom. The fourth-order valence-corrected chi connectivity index (χ4v) is 3.29. The third-order valence-electron chi connectivity index (χ3n) is 4.04. The van der Waals surface area contributed by atoms with Crippen molar-refractivity contribution in [2.75, 3.05) is 0 Å². The lowest BCUT2D eigenvalue weighted by Crippen LogP contribution is -2.24. The minimum atomic E-state index is 0.257. The Hall–Kier alpha value is 0.290. The van der Waals surface area contributed by atoms with Crippen molar-refractivity contribution in [1.29, 1.82) is 0 Å². The molecule has 1 fully saturated rings. The molecule has 0 saturated heterocycles. The van der Waals surface area contributed by atoms with Crippen LogP contribution in [0, 0.1) is 23.2 Å². The average molecular weight is 245 g/mol. The summed E-state index contributed by atoms with van der Waals surface area (Å²) in [4.78, 5) is 0. The molecule has 0 amide bonds. The largest absolute Gasteiger partial charge is 0.122 e. The van der Waals surface area contributed by atoms with Gasteiger partial charge in [0.15, 0.2) is 0 Å². The maximum Gasteiger partial charge on any atom is 0.0384 e. The van der Waals surface area contributed by atoms with Gasteiger partial charge in [-0.15, -0.1) is 11.6 Å². The van der Waals surface area contributed by atoms with Crippen LogP contribution in [-0.2, 0) is 0 Å². The number of hydrogen-bond donors (Lipinski definition) is 0. The van der Waals surface area contributed by atoms with Gasteiger partial charge in [-0.1, -0.05) is 34.6 Å². The summed E-state index contributed by atoms with van der Waals surface area (Å²) in [5, 5.41) is 0.333. The molecule has 0 N–H and O–H groups in total. The van der Waals surface area contributed by atoms with Crippen molar-refractivity contribution in [3.05, 3.63) is 0 Å². The predicted octanol–water partition coefficient (Wildman–Crippen LogP) is 5.49. The fraction of sp³-hybridized carbons (Fsp3) is 1.00. The van der Waals surface area contributed by atoms with Gasteiger partial charge in [0.25, 0.3) is 0 Å². The van der Waals surface area contributed by atoms with Crippen LogP contribution in [-0.4, -0.2) is 5.38 Å². The van der Waals surface area contributed by atoms with Crippen LogP contribution in [0.3, 0.4) is 0 Å². The summed E-state index contributed by atoms with van der Waals surface area (Å²) in [7, 11) is 0. The monoisotopic (exact) mass is 244 g/mol. The van der Waals surface area contributed by atoms with E-state index in [0.29, 0.717) is 5.38 Å². The van der Waals surface area contributed by atoms with Crippen LogP contribution >= 0.6 is 11.6 Å². The van der Waals surface area contributed by atoms with Crippen LogP contribution in [0.5, 0.6) is 0 Å². The van der Waals surface area contributed by atoms with Gasteiger partial charge in [0, 0.05) is 5.38 Å². The molecule has 0 nitrogen and oxygen atoms in total. The minimum Gasteiger partial charge on any atom is -0.122 e. The summed E-state index contributed by atoms with van der Waals surface area (Å²) in [6, 6.07) is 0. The van der Waals surface area contributed by atoms with E-state index in [2.05, 4.69) is 34.6 Å². The lowest BCUT2D eigenvalue weighted by molar-refractivity contribution is 0.201. The Labute approximate surface area is 107 Å². The van der Waals surface area contributed by atoms with Crippen molar-refractivity contribution in [1.82, 2.24) is 0 Å². The van der Waals surface area contributed by atoms with Crippen LogP contribution in [0.25, 0.3) is 0 Å². The van der Waals surface area contributed by atoms with Crippen LogP contribution in [0.2, 0.25) is 0 Å². The van der Waals surface area contributed by atoms with E-state index in [9.17, 15) is 0 Å². The maximum absolute atomic E-state index is 6.45. The van der Waals surface area contributed by atoms with Gasteiger partial charge in [-0.05, 0) is 55.3 Å². The van der Waals surface area contributed by atoms with E-state index in [0.717, 1.165) is 17.8 Å². The Kier molecular flexibility index (Phi) is 5.16. The van der Waals surface area contributed by atoms with E-state index < -0.39 is 0 Å². The first-order chi connectivity index (χ1) is 7.29. The molecule has 0 heterocycles. The molecule has 0 aromatic rings. The molecule has 0 spiro atoms. The lowest BCUT2D eigenvalue weighted by atomic mass is 9.74. The molecular formula is C15H29Cl. The first-order valence-corrected chi connectivity index (χ1v) is 7.36. The Morgan fingerprint density at radius 3 is 2.00 bits per heavy atom. The van der Waals surface area contributed by atoms with E-state index in [4.69, 9.17) is 11.6 Å². The molecular weight excluding hydrogens is 216 g/mol. The molecule has 1 heteroatoms. The molecule has 16 heavy (non-hydrogen) atoms. The number of rotatable bonds is 3. The lowest BCUT2D eigenvalue weighted by Gasteiger charge is -2.33. The topological polar surface area (TPSA) is 0 Å². The Morgan fingerprint density at radius 2 is 1.56 bits per heavy atom. The number of alkyl halides is 1. The van der Waals surface area contributed by atoms with Gasteiger partial charge in [-0.25, -0.2) is 0 Å². The van der Waals surface area contributed by atoms with Gasteiger partial charge < -0.3 is 0 Å². The quantitative estimate of drug-likeness (QED) is 0.576. The average Bonchev–Trinajstić information content (AvgIpc) is 2.11. The fourth-order valence-electron chi connectivity index (χ4n) is 3.16. The third-order valence-corrected chi connectivity index (χ3v) is 4.92. The normalized spacial score (nSPS) is 33.8. The van der Waals surface area contributed by atoms with Crippen molar-refractivity contribution in [2.45, 2.75) is 72.1 Å². The molecule has 1 aliphatic carbocycles. The second-order valence-electron chi connectivity index (χ2n) is 7.19. The van der Waals surface area contributed by atoms with Crippen molar-refractivity contribution >= 4 is 11.6 Å². The van der Waals surface area contributed by atoms with E-state index in [1.165, 1.54) is 32.1 Å². The first-order valence-electron chi connectivity index (χ1n) is 6.93. The van der Waals surface area contributed by atoms with Crippen LogP contribution in [0.4, 0.5) is 0 Å². The first kappa shape index (κ1) is 14.4. The second-order valence-corrected chi connectivity index (χ2v) is 7.72. The van der Waals surface area contributed by atoms with Gasteiger partial charge in [0.2, 0.25) is 0 Å². The van der Waals surface area contributed by atoms with Gasteiger partial charge in [-0.3, -0.25) is 0 Å². The summed E-state index contributed by atoms with van der Waals surface area (Å²) in [5.74, 6) is 2.79. The van der Waals surface area contributed by atoms with Crippen LogP contribution < -0.4 is 0 Å². The molecule has 96 valence electrons. The Bertz CT molecular complexity index is 194. The van der Waals surface area contributed by atoms with E-state index in [-0.39, 0.29) is 5.41 Å². The number of halogens is 1. The van der Waals surface area contributed by atoms with Crippen molar-refractivity contribution in [3.8, 4) is 0 Å². The summed E-state index contributed by atoms with van der Waals surface area (Å²) >= 11 is 6.45. The van der Waals surface area contributed by atoms with Crippen molar-refractivity contribution in [2.24, 2.45) is 23.2 Å². The summed E-state index contributed by atoms with van der Waals surface area (Å²) < 4.78 is 0. The van der Waals surface area contributed by atoms with E-state index in [1.807, 2.05) is 0 Å². The maximum atomic E-state index is 6.45. The van der Waals surface area contributed by atoms with Gasteiger partial charge in [0.05, 0.1) is 0 Å². The second kappa shape index (κ2) is 5.76. The highest BCUT2D eigenvalue weighted by Gasteiger charge is 2.27. The van der Waals surface area contributed by atoms with Crippen LogP contribution in [0.15, 0.2) is 0 Å². The molecule has 3 atom stereocenters.